The Morgan fingerprint density at radius 2 is 0.913 bits per heavy atom. The molecule has 0 amide bonds. The molecule has 0 saturated carbocycles. The van der Waals surface area contributed by atoms with Crippen molar-refractivity contribution in [1.29, 1.82) is 0 Å². The molecule has 3 aromatic rings. The van der Waals surface area contributed by atoms with E-state index in [1.54, 1.807) is 0 Å². The summed E-state index contributed by atoms with van der Waals surface area (Å²) in [5.74, 6) is 0. The Morgan fingerprint density at radius 1 is 0.522 bits per heavy atom. The summed E-state index contributed by atoms with van der Waals surface area (Å²) < 4.78 is 0. The van der Waals surface area contributed by atoms with Crippen LogP contribution in [0.25, 0.3) is 0 Å². The van der Waals surface area contributed by atoms with Crippen molar-refractivity contribution in [1.82, 2.24) is 10.4 Å². The molecule has 116 valence electrons. The summed E-state index contributed by atoms with van der Waals surface area (Å²) in [6.07, 6.45) is 0. The van der Waals surface area contributed by atoms with Crippen molar-refractivity contribution in [2.75, 3.05) is 0 Å². The Kier molecular flexibility index (Phi) is 5.57. The Labute approximate surface area is 138 Å². The van der Waals surface area contributed by atoms with Gasteiger partial charge in [-0.1, -0.05) is 91.0 Å². The molecular formula is C21H22N2. The molecule has 2 nitrogen and oxygen atoms in total. The van der Waals surface area contributed by atoms with Gasteiger partial charge in [0.15, 0.2) is 0 Å². The molecule has 0 spiro atoms. The molecule has 0 bridgehead atoms. The second-order valence-electron chi connectivity index (χ2n) is 5.65. The molecule has 1 N–H and O–H groups in total. The van der Waals surface area contributed by atoms with E-state index < -0.39 is 0 Å². The predicted octanol–water partition coefficient (Wildman–Crippen LogP) is 4.39. The molecular weight excluding hydrogens is 280 g/mol. The molecule has 0 aromatic heterocycles. The maximum atomic E-state index is 3.57. The van der Waals surface area contributed by atoms with E-state index in [4.69, 9.17) is 0 Å². The van der Waals surface area contributed by atoms with E-state index in [1.807, 2.05) is 0 Å². The van der Waals surface area contributed by atoms with Gasteiger partial charge in [0.1, 0.15) is 0 Å². The number of nitrogens with one attached hydrogen (secondary N) is 1. The fraction of sp³-hybridized carbons (Fsp3) is 0.143. The van der Waals surface area contributed by atoms with Crippen LogP contribution in [0.2, 0.25) is 0 Å². The van der Waals surface area contributed by atoms with Gasteiger partial charge >= 0.3 is 0 Å². The molecule has 0 atom stereocenters. The molecule has 23 heavy (non-hydrogen) atoms. The molecule has 0 aliphatic heterocycles. The molecule has 0 saturated heterocycles. The first-order valence-corrected chi connectivity index (χ1v) is 8.00. The SMILES string of the molecule is c1ccc(CNN(Cc2ccccc2)Cc2ccccc2)cc1. The van der Waals surface area contributed by atoms with E-state index in [9.17, 15) is 0 Å². The average molecular weight is 302 g/mol. The summed E-state index contributed by atoms with van der Waals surface area (Å²) in [5, 5.41) is 2.28. The third-order valence-corrected chi connectivity index (χ3v) is 3.78. The van der Waals surface area contributed by atoms with Crippen LogP contribution in [-0.2, 0) is 19.6 Å². The first kappa shape index (κ1) is 15.5. The van der Waals surface area contributed by atoms with E-state index in [0.717, 1.165) is 19.6 Å². The molecule has 2 heteroatoms. The van der Waals surface area contributed by atoms with Crippen molar-refractivity contribution < 1.29 is 0 Å². The maximum absolute atomic E-state index is 3.57. The lowest BCUT2D eigenvalue weighted by Gasteiger charge is -2.24. The second-order valence-corrected chi connectivity index (χ2v) is 5.65. The van der Waals surface area contributed by atoms with Crippen molar-refractivity contribution in [2.45, 2.75) is 19.6 Å². The van der Waals surface area contributed by atoms with E-state index >= 15 is 0 Å². The highest BCUT2D eigenvalue weighted by Gasteiger charge is 2.07. The van der Waals surface area contributed by atoms with Crippen LogP contribution in [-0.4, -0.2) is 5.01 Å². The number of rotatable bonds is 7. The van der Waals surface area contributed by atoms with Crippen LogP contribution < -0.4 is 5.43 Å². The summed E-state index contributed by atoms with van der Waals surface area (Å²) in [7, 11) is 0. The fourth-order valence-corrected chi connectivity index (χ4v) is 2.57. The minimum absolute atomic E-state index is 0.834. The Morgan fingerprint density at radius 3 is 1.35 bits per heavy atom. The average Bonchev–Trinajstić information content (AvgIpc) is 2.62. The fourth-order valence-electron chi connectivity index (χ4n) is 2.57. The largest absolute Gasteiger partial charge is 0.250 e. The first-order chi connectivity index (χ1) is 11.4. The van der Waals surface area contributed by atoms with Crippen LogP contribution in [0.15, 0.2) is 91.0 Å². The van der Waals surface area contributed by atoms with Gasteiger partial charge in [0, 0.05) is 19.6 Å². The number of benzene rings is 3. The number of hydrogen-bond donors (Lipinski definition) is 1. The predicted molar refractivity (Wildman–Crippen MR) is 95.4 cm³/mol. The van der Waals surface area contributed by atoms with Crippen molar-refractivity contribution in [3.63, 3.8) is 0 Å². The first-order valence-electron chi connectivity index (χ1n) is 8.00. The maximum Gasteiger partial charge on any atom is 0.0385 e. The number of hydrogen-bond acceptors (Lipinski definition) is 2. The highest BCUT2D eigenvalue weighted by atomic mass is 15.5. The van der Waals surface area contributed by atoms with Gasteiger partial charge in [-0.25, -0.2) is 5.01 Å². The quantitative estimate of drug-likeness (QED) is 0.651. The van der Waals surface area contributed by atoms with Gasteiger partial charge in [0.05, 0.1) is 0 Å². The minimum atomic E-state index is 0.834. The Bertz CT molecular complexity index is 639. The third-order valence-electron chi connectivity index (χ3n) is 3.78. The lowest BCUT2D eigenvalue weighted by atomic mass is 10.2. The van der Waals surface area contributed by atoms with Crippen molar-refractivity contribution >= 4 is 0 Å². The van der Waals surface area contributed by atoms with Gasteiger partial charge in [-0.3, -0.25) is 5.43 Å². The monoisotopic (exact) mass is 302 g/mol. The summed E-state index contributed by atoms with van der Waals surface area (Å²) >= 11 is 0. The van der Waals surface area contributed by atoms with Gasteiger partial charge in [0.2, 0.25) is 0 Å². The second kappa shape index (κ2) is 8.28. The van der Waals surface area contributed by atoms with Gasteiger partial charge in [0.25, 0.3) is 0 Å². The Hall–Kier alpha value is -2.42. The molecule has 0 fully saturated rings. The minimum Gasteiger partial charge on any atom is -0.250 e. The highest BCUT2D eigenvalue weighted by Crippen LogP contribution is 2.09. The van der Waals surface area contributed by atoms with Crippen LogP contribution >= 0.6 is 0 Å². The van der Waals surface area contributed by atoms with Gasteiger partial charge in [-0.15, -0.1) is 0 Å². The Balaban J connectivity index is 1.67. The lowest BCUT2D eigenvalue weighted by Crippen LogP contribution is -2.36. The van der Waals surface area contributed by atoms with Crippen LogP contribution in [0.4, 0.5) is 0 Å². The molecule has 3 aromatic carbocycles. The van der Waals surface area contributed by atoms with Gasteiger partial charge < -0.3 is 0 Å². The zero-order chi connectivity index (χ0) is 15.7. The van der Waals surface area contributed by atoms with E-state index in [2.05, 4.69) is 101 Å². The summed E-state index contributed by atoms with van der Waals surface area (Å²) in [6.45, 7) is 2.59. The van der Waals surface area contributed by atoms with Crippen molar-refractivity contribution in [2.24, 2.45) is 0 Å². The zero-order valence-electron chi connectivity index (χ0n) is 13.2. The van der Waals surface area contributed by atoms with Crippen LogP contribution in [0, 0.1) is 0 Å². The molecule has 0 aliphatic rings. The van der Waals surface area contributed by atoms with Crippen molar-refractivity contribution in [3.8, 4) is 0 Å². The van der Waals surface area contributed by atoms with Crippen LogP contribution in [0.1, 0.15) is 16.7 Å². The molecule has 0 unspecified atom stereocenters. The van der Waals surface area contributed by atoms with E-state index in [0.29, 0.717) is 0 Å². The molecule has 0 aliphatic carbocycles. The normalized spacial score (nSPS) is 10.8. The van der Waals surface area contributed by atoms with E-state index in [-0.39, 0.29) is 0 Å². The third kappa shape index (κ3) is 5.06. The lowest BCUT2D eigenvalue weighted by molar-refractivity contribution is 0.165. The molecule has 0 heterocycles. The van der Waals surface area contributed by atoms with Gasteiger partial charge in [-0.05, 0) is 16.7 Å². The number of nitrogens with zero attached hydrogens (tertiary/aromatic N) is 1. The topological polar surface area (TPSA) is 15.3 Å². The zero-order valence-corrected chi connectivity index (χ0v) is 13.2. The van der Waals surface area contributed by atoms with E-state index in [1.165, 1.54) is 16.7 Å². The summed E-state index contributed by atoms with van der Waals surface area (Å²) in [4.78, 5) is 0. The highest BCUT2D eigenvalue weighted by molar-refractivity contribution is 5.17. The summed E-state index contributed by atoms with van der Waals surface area (Å²) in [6, 6.07) is 31.7. The van der Waals surface area contributed by atoms with Gasteiger partial charge in [-0.2, -0.15) is 0 Å². The molecule has 0 radical (unpaired) electrons. The van der Waals surface area contributed by atoms with Crippen LogP contribution in [0.5, 0.6) is 0 Å². The smallest absolute Gasteiger partial charge is 0.0385 e. The number of hydrazine groups is 1. The standard InChI is InChI=1S/C21H22N2/c1-4-10-19(11-5-1)16-22-23(17-20-12-6-2-7-13-20)18-21-14-8-3-9-15-21/h1-15,22H,16-18H2. The van der Waals surface area contributed by atoms with Crippen molar-refractivity contribution in [3.05, 3.63) is 108 Å². The summed E-state index contributed by atoms with van der Waals surface area (Å²) in [5.41, 5.74) is 7.48. The van der Waals surface area contributed by atoms with Crippen LogP contribution in [0.3, 0.4) is 0 Å². The molecule has 3 rings (SSSR count).